The third-order valence-electron chi connectivity index (χ3n) is 5.58. The highest BCUT2D eigenvalue weighted by atomic mass is 35.5. The molecule has 0 aliphatic carbocycles. The molecule has 5 rings (SSSR count). The Labute approximate surface area is 191 Å². The normalized spacial score (nSPS) is 23.9. The third-order valence-corrected chi connectivity index (χ3v) is 7.13. The van der Waals surface area contributed by atoms with Crippen LogP contribution in [0.3, 0.4) is 0 Å². The van der Waals surface area contributed by atoms with Crippen molar-refractivity contribution in [1.29, 1.82) is 0 Å². The average molecular weight is 475 g/mol. The minimum absolute atomic E-state index is 0.257. The molecule has 2 aliphatic heterocycles. The SMILES string of the molecule is COC(=O)[C@H]1[C@@H]2c3ccccc3O[C@]1(C)N=c1s/c(=C/c3ccc(Cl)cc3Cl)c(=O)n12. The van der Waals surface area contributed by atoms with E-state index in [9.17, 15) is 9.59 Å². The number of benzene rings is 2. The second-order valence-corrected chi connectivity index (χ2v) is 9.34. The highest BCUT2D eigenvalue weighted by Gasteiger charge is 2.55. The number of carbonyl (C=O) groups excluding carboxylic acids is 1. The van der Waals surface area contributed by atoms with Crippen LogP contribution in [-0.2, 0) is 9.53 Å². The summed E-state index contributed by atoms with van der Waals surface area (Å²) in [6.45, 7) is 1.74. The van der Waals surface area contributed by atoms with Crippen molar-refractivity contribution in [2.75, 3.05) is 7.11 Å². The van der Waals surface area contributed by atoms with Crippen LogP contribution in [0.1, 0.15) is 24.1 Å². The molecule has 0 saturated carbocycles. The van der Waals surface area contributed by atoms with Crippen LogP contribution in [0.25, 0.3) is 6.08 Å². The number of nitrogens with zero attached hydrogens (tertiary/aromatic N) is 2. The number of aromatic nitrogens is 1. The zero-order valence-electron chi connectivity index (χ0n) is 16.5. The molecule has 3 atom stereocenters. The van der Waals surface area contributed by atoms with E-state index < -0.39 is 23.7 Å². The lowest BCUT2D eigenvalue weighted by atomic mass is 9.81. The summed E-state index contributed by atoms with van der Waals surface area (Å²) in [6.07, 6.45) is 1.71. The van der Waals surface area contributed by atoms with E-state index in [4.69, 9.17) is 37.7 Å². The van der Waals surface area contributed by atoms with Gasteiger partial charge in [0.2, 0.25) is 5.72 Å². The van der Waals surface area contributed by atoms with Gasteiger partial charge in [0.1, 0.15) is 11.7 Å². The lowest BCUT2D eigenvalue weighted by Gasteiger charge is -2.44. The molecule has 3 heterocycles. The molecule has 0 spiro atoms. The Balaban J connectivity index is 1.80. The second kappa shape index (κ2) is 7.22. The van der Waals surface area contributed by atoms with Gasteiger partial charge in [-0.3, -0.25) is 14.2 Å². The quantitative estimate of drug-likeness (QED) is 0.534. The molecule has 158 valence electrons. The zero-order valence-corrected chi connectivity index (χ0v) is 18.8. The number of methoxy groups -OCH3 is 1. The van der Waals surface area contributed by atoms with Gasteiger partial charge in [0.25, 0.3) is 5.56 Å². The molecule has 3 aromatic rings. The van der Waals surface area contributed by atoms with Gasteiger partial charge in [-0.1, -0.05) is 58.8 Å². The summed E-state index contributed by atoms with van der Waals surface area (Å²) in [5.41, 5.74) is -0.0499. The number of hydrogen-bond acceptors (Lipinski definition) is 6. The maximum atomic E-state index is 13.5. The first kappa shape index (κ1) is 20.3. The summed E-state index contributed by atoms with van der Waals surface area (Å²) in [7, 11) is 1.32. The van der Waals surface area contributed by atoms with Gasteiger partial charge in [0.05, 0.1) is 17.7 Å². The molecular formula is C22H16Cl2N2O4S. The van der Waals surface area contributed by atoms with E-state index in [0.717, 1.165) is 5.56 Å². The highest BCUT2D eigenvalue weighted by molar-refractivity contribution is 7.07. The molecule has 31 heavy (non-hydrogen) atoms. The molecule has 6 nitrogen and oxygen atoms in total. The Hall–Kier alpha value is -2.61. The van der Waals surface area contributed by atoms with Crippen LogP contribution in [0, 0.1) is 5.92 Å². The van der Waals surface area contributed by atoms with Gasteiger partial charge in [0, 0.05) is 15.6 Å². The number of rotatable bonds is 2. The number of fused-ring (bicyclic) bond motifs is 6. The van der Waals surface area contributed by atoms with E-state index in [0.29, 0.717) is 30.7 Å². The minimum Gasteiger partial charge on any atom is -0.469 e. The van der Waals surface area contributed by atoms with Crippen molar-refractivity contribution in [3.8, 4) is 5.75 Å². The summed E-state index contributed by atoms with van der Waals surface area (Å²) in [4.78, 5) is 31.4. The van der Waals surface area contributed by atoms with Crippen LogP contribution in [0.2, 0.25) is 10.0 Å². The fraction of sp³-hybridized carbons (Fsp3) is 0.227. The van der Waals surface area contributed by atoms with E-state index in [1.807, 2.05) is 24.3 Å². The molecule has 1 aromatic heterocycles. The van der Waals surface area contributed by atoms with E-state index in [-0.39, 0.29) is 5.56 Å². The van der Waals surface area contributed by atoms with Gasteiger partial charge >= 0.3 is 5.97 Å². The molecule has 9 heteroatoms. The number of ether oxygens (including phenoxy) is 2. The topological polar surface area (TPSA) is 69.9 Å². The lowest BCUT2D eigenvalue weighted by Crippen LogP contribution is -2.58. The Kier molecular flexibility index (Phi) is 4.73. The van der Waals surface area contributed by atoms with Crippen molar-refractivity contribution in [2.24, 2.45) is 10.9 Å². The largest absolute Gasteiger partial charge is 0.469 e. The smallest absolute Gasteiger partial charge is 0.317 e. The first-order valence-electron chi connectivity index (χ1n) is 9.46. The molecule has 2 aliphatic rings. The zero-order chi connectivity index (χ0) is 21.9. The van der Waals surface area contributed by atoms with Crippen molar-refractivity contribution in [1.82, 2.24) is 4.57 Å². The Morgan fingerprint density at radius 3 is 2.81 bits per heavy atom. The van der Waals surface area contributed by atoms with E-state index in [1.165, 1.54) is 18.4 Å². The Morgan fingerprint density at radius 1 is 1.29 bits per heavy atom. The predicted octanol–water partition coefficient (Wildman–Crippen LogP) is 3.17. The molecule has 2 bridgehead atoms. The molecule has 0 amide bonds. The summed E-state index contributed by atoms with van der Waals surface area (Å²) >= 11 is 13.5. The molecule has 0 radical (unpaired) electrons. The highest BCUT2D eigenvalue weighted by Crippen LogP contribution is 2.47. The van der Waals surface area contributed by atoms with Crippen LogP contribution in [0.4, 0.5) is 0 Å². The fourth-order valence-electron chi connectivity index (χ4n) is 4.19. The van der Waals surface area contributed by atoms with Crippen LogP contribution >= 0.6 is 34.5 Å². The van der Waals surface area contributed by atoms with Crippen LogP contribution in [0.5, 0.6) is 5.75 Å². The fourth-order valence-corrected chi connectivity index (χ4v) is 5.74. The van der Waals surface area contributed by atoms with Gasteiger partial charge in [-0.25, -0.2) is 4.99 Å². The first-order chi connectivity index (χ1) is 14.8. The summed E-state index contributed by atoms with van der Waals surface area (Å²) in [5, 5.41) is 0.947. The minimum atomic E-state index is -1.20. The van der Waals surface area contributed by atoms with E-state index in [1.54, 1.807) is 35.8 Å². The molecule has 0 unspecified atom stereocenters. The molecular weight excluding hydrogens is 459 g/mol. The summed E-state index contributed by atoms with van der Waals surface area (Å²) in [6, 6.07) is 11.8. The monoisotopic (exact) mass is 474 g/mol. The number of para-hydroxylation sites is 1. The predicted molar refractivity (Wildman–Crippen MR) is 119 cm³/mol. The first-order valence-corrected chi connectivity index (χ1v) is 11.0. The Bertz CT molecular complexity index is 1410. The lowest BCUT2D eigenvalue weighted by molar-refractivity contribution is -0.158. The summed E-state index contributed by atoms with van der Waals surface area (Å²) < 4.78 is 13.2. The van der Waals surface area contributed by atoms with Crippen LogP contribution in [0.15, 0.2) is 52.3 Å². The second-order valence-electron chi connectivity index (χ2n) is 7.49. The van der Waals surface area contributed by atoms with Gasteiger partial charge in [0.15, 0.2) is 4.80 Å². The number of carbonyl (C=O) groups is 1. The maximum Gasteiger partial charge on any atom is 0.317 e. The van der Waals surface area contributed by atoms with Gasteiger partial charge in [-0.05, 0) is 36.8 Å². The number of hydrogen-bond donors (Lipinski definition) is 0. The number of esters is 1. The van der Waals surface area contributed by atoms with Crippen molar-refractivity contribution in [2.45, 2.75) is 18.7 Å². The average Bonchev–Trinajstić information content (AvgIpc) is 3.02. The number of thiazole rings is 1. The van der Waals surface area contributed by atoms with Gasteiger partial charge < -0.3 is 9.47 Å². The standard InChI is InChI=1S/C22H16Cl2N2O4S/c1-22-17(20(28)29-2)18(13-5-3-4-6-15(13)30-22)26-19(27)16(31-21(26)25-22)9-11-7-8-12(23)10-14(11)24/h3-10,17-18H,1-2H3/b16-9+/t17-,18+,22+/m1/s1. The van der Waals surface area contributed by atoms with Crippen LogP contribution in [-0.4, -0.2) is 23.4 Å². The number of halogens is 2. The maximum absolute atomic E-state index is 13.5. The van der Waals surface area contributed by atoms with Gasteiger partial charge in [-0.15, -0.1) is 0 Å². The Morgan fingerprint density at radius 2 is 2.06 bits per heavy atom. The third kappa shape index (κ3) is 3.11. The van der Waals surface area contributed by atoms with Crippen molar-refractivity contribution in [3.05, 3.63) is 83.3 Å². The molecule has 0 fully saturated rings. The molecule has 0 N–H and O–H groups in total. The summed E-state index contributed by atoms with van der Waals surface area (Å²) in [5.74, 6) is -0.700. The van der Waals surface area contributed by atoms with Crippen molar-refractivity contribution in [3.63, 3.8) is 0 Å². The van der Waals surface area contributed by atoms with E-state index >= 15 is 0 Å². The van der Waals surface area contributed by atoms with Crippen molar-refractivity contribution >= 4 is 46.6 Å². The van der Waals surface area contributed by atoms with E-state index in [2.05, 4.69) is 0 Å². The molecule has 0 saturated heterocycles. The molecule has 2 aromatic carbocycles. The van der Waals surface area contributed by atoms with Crippen LogP contribution < -0.4 is 19.6 Å². The van der Waals surface area contributed by atoms with Gasteiger partial charge in [-0.2, -0.15) is 0 Å². The van der Waals surface area contributed by atoms with Crippen molar-refractivity contribution < 1.29 is 14.3 Å².